The van der Waals surface area contributed by atoms with E-state index in [1.165, 1.54) is 0 Å². The van der Waals surface area contributed by atoms with Crippen LogP contribution in [0.25, 0.3) is 0 Å². The number of carbonyl (C=O) groups is 1. The molecule has 0 spiro atoms. The summed E-state index contributed by atoms with van der Waals surface area (Å²) >= 11 is 0. The van der Waals surface area contributed by atoms with E-state index < -0.39 is 0 Å². The highest BCUT2D eigenvalue weighted by atomic mass is 127. The maximum atomic E-state index is 11.7. The summed E-state index contributed by atoms with van der Waals surface area (Å²) in [5, 5.41) is 6.68. The third kappa shape index (κ3) is 7.67. The number of furan rings is 1. The van der Waals surface area contributed by atoms with Crippen LogP contribution >= 0.6 is 24.0 Å². The molecule has 0 bridgehead atoms. The quantitative estimate of drug-likeness (QED) is 0.274. The Morgan fingerprint density at radius 2 is 2.27 bits per heavy atom. The predicted molar refractivity (Wildman–Crippen MR) is 113 cm³/mol. The zero-order valence-electron chi connectivity index (χ0n) is 15.3. The summed E-state index contributed by atoms with van der Waals surface area (Å²) < 4.78 is 10.4. The van der Waals surface area contributed by atoms with Crippen molar-refractivity contribution in [3.8, 4) is 0 Å². The van der Waals surface area contributed by atoms with Crippen LogP contribution in [0.2, 0.25) is 0 Å². The van der Waals surface area contributed by atoms with Gasteiger partial charge in [0.1, 0.15) is 5.76 Å². The minimum Gasteiger partial charge on any atom is -0.469 e. The van der Waals surface area contributed by atoms with Gasteiger partial charge in [-0.05, 0) is 31.9 Å². The number of nitrogens with one attached hydrogen (secondary N) is 2. The molecule has 2 rings (SSSR count). The van der Waals surface area contributed by atoms with E-state index in [1.54, 1.807) is 17.2 Å². The number of hydrogen-bond acceptors (Lipinski definition) is 4. The van der Waals surface area contributed by atoms with Crippen molar-refractivity contribution >= 4 is 36.0 Å². The van der Waals surface area contributed by atoms with E-state index in [1.807, 2.05) is 19.1 Å². The Morgan fingerprint density at radius 1 is 1.50 bits per heavy atom. The minimum absolute atomic E-state index is 0. The monoisotopic (exact) mass is 476 g/mol. The van der Waals surface area contributed by atoms with Crippen LogP contribution in [-0.2, 0) is 11.2 Å². The van der Waals surface area contributed by atoms with Gasteiger partial charge in [-0.2, -0.15) is 0 Å². The van der Waals surface area contributed by atoms with Crippen molar-refractivity contribution in [1.29, 1.82) is 0 Å². The number of piperidine rings is 1. The third-order valence-electron chi connectivity index (χ3n) is 3.98. The van der Waals surface area contributed by atoms with Gasteiger partial charge in [0.15, 0.2) is 5.96 Å². The van der Waals surface area contributed by atoms with Crippen LogP contribution in [0, 0.1) is 0 Å². The Kier molecular flexibility index (Phi) is 10.8. The Hall–Kier alpha value is -1.71. The first-order chi connectivity index (χ1) is 12.2. The summed E-state index contributed by atoms with van der Waals surface area (Å²) in [5.41, 5.74) is 0. The second-order valence-electron chi connectivity index (χ2n) is 5.83. The molecule has 1 fully saturated rings. The van der Waals surface area contributed by atoms with Crippen LogP contribution in [0.15, 0.2) is 40.5 Å². The van der Waals surface area contributed by atoms with Crippen molar-refractivity contribution in [2.24, 2.45) is 4.99 Å². The fraction of sp³-hybridized carbons (Fsp3) is 0.556. The number of carbonyl (C=O) groups excluding carboxylic acids is 1. The molecule has 0 radical (unpaired) electrons. The van der Waals surface area contributed by atoms with Gasteiger partial charge in [-0.1, -0.05) is 6.08 Å². The van der Waals surface area contributed by atoms with Gasteiger partial charge in [-0.3, -0.25) is 4.99 Å². The van der Waals surface area contributed by atoms with E-state index in [4.69, 9.17) is 9.15 Å². The molecular weight excluding hydrogens is 447 g/mol. The molecule has 1 aliphatic heterocycles. The number of amides is 1. The Morgan fingerprint density at radius 3 is 2.88 bits per heavy atom. The lowest BCUT2D eigenvalue weighted by Crippen LogP contribution is -2.50. The van der Waals surface area contributed by atoms with Gasteiger partial charge in [0.25, 0.3) is 0 Å². The van der Waals surface area contributed by atoms with Gasteiger partial charge in [0.2, 0.25) is 0 Å². The highest BCUT2D eigenvalue weighted by Crippen LogP contribution is 2.11. The smallest absolute Gasteiger partial charge is 0.409 e. The third-order valence-corrected chi connectivity index (χ3v) is 3.98. The summed E-state index contributed by atoms with van der Waals surface area (Å²) in [6.45, 7) is 8.63. The molecule has 0 saturated carbocycles. The Balaban J connectivity index is 0.00000338. The highest BCUT2D eigenvalue weighted by Gasteiger charge is 2.23. The molecule has 1 aromatic heterocycles. The summed E-state index contributed by atoms with van der Waals surface area (Å²) in [5.74, 6) is 1.69. The molecule has 1 aromatic rings. The van der Waals surface area contributed by atoms with Gasteiger partial charge >= 0.3 is 6.09 Å². The lowest BCUT2D eigenvalue weighted by Gasteiger charge is -2.32. The molecule has 0 unspecified atom stereocenters. The van der Waals surface area contributed by atoms with Crippen molar-refractivity contribution in [2.75, 3.05) is 32.8 Å². The van der Waals surface area contributed by atoms with Crippen molar-refractivity contribution in [1.82, 2.24) is 15.5 Å². The number of aliphatic imine (C=N–C) groups is 1. The first-order valence-corrected chi connectivity index (χ1v) is 8.82. The maximum Gasteiger partial charge on any atom is 0.409 e. The van der Waals surface area contributed by atoms with Gasteiger partial charge in [-0.15, -0.1) is 30.6 Å². The van der Waals surface area contributed by atoms with Crippen LogP contribution in [0.5, 0.6) is 0 Å². The van der Waals surface area contributed by atoms with Crippen LogP contribution < -0.4 is 10.6 Å². The fourth-order valence-corrected chi connectivity index (χ4v) is 2.67. The first kappa shape index (κ1) is 22.3. The average molecular weight is 476 g/mol. The molecule has 0 aromatic carbocycles. The Bertz CT molecular complexity index is 555. The molecule has 0 atom stereocenters. The highest BCUT2D eigenvalue weighted by molar-refractivity contribution is 14.0. The number of nitrogens with zero attached hydrogens (tertiary/aromatic N) is 2. The second kappa shape index (κ2) is 12.6. The van der Waals surface area contributed by atoms with Gasteiger partial charge in [0.05, 0.1) is 12.9 Å². The lowest BCUT2D eigenvalue weighted by molar-refractivity contribution is 0.0963. The van der Waals surface area contributed by atoms with Crippen molar-refractivity contribution in [2.45, 2.75) is 32.2 Å². The van der Waals surface area contributed by atoms with Crippen molar-refractivity contribution in [3.05, 3.63) is 36.8 Å². The van der Waals surface area contributed by atoms with Gasteiger partial charge < -0.3 is 24.7 Å². The number of ether oxygens (including phenoxy) is 1. The molecule has 2 heterocycles. The van der Waals surface area contributed by atoms with Gasteiger partial charge in [-0.25, -0.2) is 4.79 Å². The predicted octanol–water partition coefficient (Wildman–Crippen LogP) is 2.78. The zero-order valence-corrected chi connectivity index (χ0v) is 17.6. The average Bonchev–Trinajstić information content (AvgIpc) is 3.13. The summed E-state index contributed by atoms with van der Waals surface area (Å²) in [4.78, 5) is 18.1. The van der Waals surface area contributed by atoms with E-state index in [9.17, 15) is 4.79 Å². The molecule has 146 valence electrons. The fourth-order valence-electron chi connectivity index (χ4n) is 2.67. The van der Waals surface area contributed by atoms with E-state index in [2.05, 4.69) is 22.2 Å². The summed E-state index contributed by atoms with van der Waals surface area (Å²) in [6, 6.07) is 4.11. The van der Waals surface area contributed by atoms with Crippen molar-refractivity contribution < 1.29 is 13.9 Å². The van der Waals surface area contributed by atoms with E-state index >= 15 is 0 Å². The number of guanidine groups is 1. The molecule has 7 nitrogen and oxygen atoms in total. The molecule has 26 heavy (non-hydrogen) atoms. The first-order valence-electron chi connectivity index (χ1n) is 8.82. The van der Waals surface area contributed by atoms with Crippen LogP contribution in [0.4, 0.5) is 4.79 Å². The number of rotatable bonds is 7. The number of hydrogen-bond donors (Lipinski definition) is 2. The molecule has 1 aliphatic rings. The van der Waals surface area contributed by atoms with Crippen molar-refractivity contribution in [3.63, 3.8) is 0 Å². The van der Waals surface area contributed by atoms with E-state index in [0.717, 1.165) is 31.0 Å². The summed E-state index contributed by atoms with van der Waals surface area (Å²) in [7, 11) is 0. The van der Waals surface area contributed by atoms with E-state index in [0.29, 0.717) is 32.8 Å². The number of halogens is 1. The topological polar surface area (TPSA) is 79.1 Å². The molecule has 0 aliphatic carbocycles. The normalized spacial score (nSPS) is 15.1. The minimum atomic E-state index is -0.224. The molecule has 2 N–H and O–H groups in total. The van der Waals surface area contributed by atoms with Crippen LogP contribution in [0.1, 0.15) is 25.5 Å². The molecule has 8 heteroatoms. The SMILES string of the molecule is C=CCNC(=NCCc1ccco1)NC1CCN(C(=O)OCC)CC1.I. The van der Waals surface area contributed by atoms with Gasteiger partial charge in [0, 0.05) is 38.6 Å². The molecule has 1 amide bonds. The second-order valence-corrected chi connectivity index (χ2v) is 5.83. The van der Waals surface area contributed by atoms with Crippen LogP contribution in [0.3, 0.4) is 0 Å². The zero-order chi connectivity index (χ0) is 17.9. The standard InChI is InChI=1S/C18H28N4O3.HI/c1-3-10-19-17(20-11-7-16-6-5-14-25-16)21-15-8-12-22(13-9-15)18(23)24-4-2;/h3,5-6,14-15H,1,4,7-13H2,2H3,(H2,19,20,21);1H. The summed E-state index contributed by atoms with van der Waals surface area (Å²) in [6.07, 6.45) is 5.74. The molecule has 1 saturated heterocycles. The molecular formula is C18H29IN4O3. The number of likely N-dealkylation sites (tertiary alicyclic amines) is 1. The lowest BCUT2D eigenvalue weighted by atomic mass is 10.1. The largest absolute Gasteiger partial charge is 0.469 e. The van der Waals surface area contributed by atoms with Crippen LogP contribution in [-0.4, -0.2) is 55.8 Å². The maximum absolute atomic E-state index is 11.7. The Labute approximate surface area is 172 Å². The van der Waals surface area contributed by atoms with E-state index in [-0.39, 0.29) is 36.1 Å².